The van der Waals surface area contributed by atoms with Crippen LogP contribution in [0.4, 0.5) is 3.89 Å². The second-order valence-electron chi connectivity index (χ2n) is 3.78. The quantitative estimate of drug-likeness (QED) is 0.723. The highest BCUT2D eigenvalue weighted by Crippen LogP contribution is 2.32. The van der Waals surface area contributed by atoms with Crippen LogP contribution in [-0.2, 0) is 10.2 Å². The van der Waals surface area contributed by atoms with E-state index in [9.17, 15) is 12.3 Å². The van der Waals surface area contributed by atoms with Crippen LogP contribution in [0.25, 0.3) is 0 Å². The Morgan fingerprint density at radius 3 is 2.47 bits per heavy atom. The number of aromatic nitrogens is 3. The summed E-state index contributed by atoms with van der Waals surface area (Å²) in [6, 6.07) is 0.0283. The smallest absolute Gasteiger partial charge is 0.297 e. The molecule has 0 unspecified atom stereocenters. The Bertz CT molecular complexity index is 462. The Kier molecular flexibility index (Phi) is 2.49. The van der Waals surface area contributed by atoms with Crippen molar-refractivity contribution in [3.8, 4) is 0 Å². The lowest BCUT2D eigenvalue weighted by Crippen LogP contribution is -2.12. The number of rotatable bonds is 2. The SMILES string of the molecule is Cc1nnc(S(=O)(=O)F)n1C1CCCC1. The van der Waals surface area contributed by atoms with Gasteiger partial charge in [0.25, 0.3) is 5.16 Å². The second-order valence-corrected chi connectivity index (χ2v) is 5.02. The number of hydrogen-bond donors (Lipinski definition) is 0. The molecule has 2 rings (SSSR count). The molecule has 0 radical (unpaired) electrons. The molecule has 1 saturated carbocycles. The number of hydrogen-bond acceptors (Lipinski definition) is 4. The topological polar surface area (TPSA) is 64.8 Å². The van der Waals surface area contributed by atoms with Gasteiger partial charge >= 0.3 is 10.2 Å². The molecular weight excluding hydrogens is 221 g/mol. The monoisotopic (exact) mass is 233 g/mol. The van der Waals surface area contributed by atoms with Gasteiger partial charge in [0.05, 0.1) is 0 Å². The summed E-state index contributed by atoms with van der Waals surface area (Å²) in [5.74, 6) is 0.457. The van der Waals surface area contributed by atoms with Crippen molar-refractivity contribution in [3.63, 3.8) is 0 Å². The highest BCUT2D eigenvalue weighted by Gasteiger charge is 2.28. The van der Waals surface area contributed by atoms with Gasteiger partial charge in [0, 0.05) is 6.04 Å². The Morgan fingerprint density at radius 1 is 1.33 bits per heavy atom. The minimum absolute atomic E-state index is 0.0283. The van der Waals surface area contributed by atoms with Crippen LogP contribution >= 0.6 is 0 Å². The number of nitrogens with zero attached hydrogens (tertiary/aromatic N) is 3. The molecule has 1 aliphatic rings. The van der Waals surface area contributed by atoms with E-state index in [1.54, 1.807) is 6.92 Å². The third-order valence-corrected chi connectivity index (χ3v) is 3.46. The molecule has 1 aliphatic carbocycles. The van der Waals surface area contributed by atoms with E-state index in [2.05, 4.69) is 10.2 Å². The zero-order valence-corrected chi connectivity index (χ0v) is 9.17. The molecule has 0 bridgehead atoms. The van der Waals surface area contributed by atoms with E-state index in [1.807, 2.05) is 0 Å². The summed E-state index contributed by atoms with van der Waals surface area (Å²) in [5, 5.41) is 6.45. The van der Waals surface area contributed by atoms with E-state index in [4.69, 9.17) is 0 Å². The Labute approximate surface area is 87.5 Å². The highest BCUT2D eigenvalue weighted by molar-refractivity contribution is 7.86. The lowest BCUT2D eigenvalue weighted by molar-refractivity contribution is 0.449. The predicted octanol–water partition coefficient (Wildman–Crippen LogP) is 1.36. The minimum atomic E-state index is -4.76. The fourth-order valence-electron chi connectivity index (χ4n) is 2.10. The van der Waals surface area contributed by atoms with E-state index in [0.29, 0.717) is 5.82 Å². The molecule has 15 heavy (non-hydrogen) atoms. The molecule has 0 amide bonds. The Morgan fingerprint density at radius 2 is 1.93 bits per heavy atom. The summed E-state index contributed by atoms with van der Waals surface area (Å²) < 4.78 is 36.0. The van der Waals surface area contributed by atoms with E-state index in [0.717, 1.165) is 25.7 Å². The number of aryl methyl sites for hydroxylation is 1. The van der Waals surface area contributed by atoms with Crippen molar-refractivity contribution in [3.05, 3.63) is 5.82 Å². The zero-order chi connectivity index (χ0) is 11.1. The summed E-state index contributed by atoms with van der Waals surface area (Å²) in [5.41, 5.74) is 0. The first-order chi connectivity index (χ1) is 7.00. The lowest BCUT2D eigenvalue weighted by Gasteiger charge is -2.13. The van der Waals surface area contributed by atoms with E-state index < -0.39 is 15.4 Å². The zero-order valence-electron chi connectivity index (χ0n) is 8.35. The van der Waals surface area contributed by atoms with Crippen LogP contribution in [0.2, 0.25) is 0 Å². The fraction of sp³-hybridized carbons (Fsp3) is 0.750. The van der Waals surface area contributed by atoms with Crippen LogP contribution in [-0.4, -0.2) is 23.2 Å². The van der Waals surface area contributed by atoms with E-state index in [1.165, 1.54) is 4.57 Å². The maximum atomic E-state index is 12.9. The molecule has 7 heteroatoms. The van der Waals surface area contributed by atoms with Crippen LogP contribution in [0.5, 0.6) is 0 Å². The van der Waals surface area contributed by atoms with Crippen molar-refractivity contribution in [1.29, 1.82) is 0 Å². The van der Waals surface area contributed by atoms with Crippen molar-refractivity contribution in [1.82, 2.24) is 14.8 Å². The minimum Gasteiger partial charge on any atom is -0.297 e. The normalized spacial score (nSPS) is 18.5. The lowest BCUT2D eigenvalue weighted by atomic mass is 10.2. The molecule has 5 nitrogen and oxygen atoms in total. The molecule has 0 saturated heterocycles. The molecule has 0 N–H and O–H groups in total. The third kappa shape index (κ3) is 1.88. The molecule has 1 fully saturated rings. The molecule has 0 aromatic carbocycles. The molecule has 1 aromatic heterocycles. The van der Waals surface area contributed by atoms with Gasteiger partial charge in [-0.2, -0.15) is 8.42 Å². The Hall–Kier alpha value is -0.980. The van der Waals surface area contributed by atoms with E-state index in [-0.39, 0.29) is 6.04 Å². The van der Waals surface area contributed by atoms with Gasteiger partial charge < -0.3 is 0 Å². The average Bonchev–Trinajstić information content (AvgIpc) is 2.69. The first kappa shape index (κ1) is 10.5. The van der Waals surface area contributed by atoms with Gasteiger partial charge in [-0.25, -0.2) is 0 Å². The summed E-state index contributed by atoms with van der Waals surface area (Å²) in [4.78, 5) is 0. The predicted molar refractivity (Wildman–Crippen MR) is 50.6 cm³/mol. The summed E-state index contributed by atoms with van der Waals surface area (Å²) in [7, 11) is -4.76. The van der Waals surface area contributed by atoms with Crippen LogP contribution in [0.15, 0.2) is 5.16 Å². The molecule has 1 heterocycles. The van der Waals surface area contributed by atoms with Gasteiger partial charge in [0.15, 0.2) is 0 Å². The van der Waals surface area contributed by atoms with Crippen LogP contribution in [0, 0.1) is 6.92 Å². The fourth-order valence-corrected chi connectivity index (χ4v) is 2.75. The average molecular weight is 233 g/mol. The van der Waals surface area contributed by atoms with Gasteiger partial charge in [-0.3, -0.25) is 4.57 Å². The van der Waals surface area contributed by atoms with E-state index >= 15 is 0 Å². The molecule has 0 aliphatic heterocycles. The molecular formula is C8H12FN3O2S. The maximum Gasteiger partial charge on any atom is 0.368 e. The first-order valence-electron chi connectivity index (χ1n) is 4.86. The van der Waals surface area contributed by atoms with Crippen molar-refractivity contribution < 1.29 is 12.3 Å². The molecule has 0 atom stereocenters. The summed E-state index contributed by atoms with van der Waals surface area (Å²) >= 11 is 0. The molecule has 0 spiro atoms. The van der Waals surface area contributed by atoms with Crippen LogP contribution in [0.3, 0.4) is 0 Å². The van der Waals surface area contributed by atoms with Crippen LogP contribution in [0.1, 0.15) is 37.5 Å². The largest absolute Gasteiger partial charge is 0.368 e. The summed E-state index contributed by atoms with van der Waals surface area (Å²) in [6.07, 6.45) is 3.80. The van der Waals surface area contributed by atoms with Gasteiger partial charge in [-0.1, -0.05) is 16.7 Å². The third-order valence-electron chi connectivity index (χ3n) is 2.74. The van der Waals surface area contributed by atoms with Crippen molar-refractivity contribution >= 4 is 10.2 Å². The van der Waals surface area contributed by atoms with Crippen molar-refractivity contribution in [2.45, 2.75) is 43.8 Å². The number of halogens is 1. The standard InChI is InChI=1S/C8H12FN3O2S/c1-6-10-11-8(15(9,13)14)12(6)7-4-2-3-5-7/h7H,2-5H2,1H3. The van der Waals surface area contributed by atoms with Crippen molar-refractivity contribution in [2.24, 2.45) is 0 Å². The maximum absolute atomic E-state index is 12.9. The molecule has 84 valence electrons. The Balaban J connectivity index is 2.49. The van der Waals surface area contributed by atoms with Crippen LogP contribution < -0.4 is 0 Å². The highest BCUT2D eigenvalue weighted by atomic mass is 32.3. The summed E-state index contributed by atoms with van der Waals surface area (Å²) in [6.45, 7) is 1.64. The van der Waals surface area contributed by atoms with Crippen molar-refractivity contribution in [2.75, 3.05) is 0 Å². The van der Waals surface area contributed by atoms with Gasteiger partial charge in [-0.15, -0.1) is 10.2 Å². The van der Waals surface area contributed by atoms with Gasteiger partial charge in [-0.05, 0) is 19.8 Å². The molecule has 1 aromatic rings. The van der Waals surface area contributed by atoms with Gasteiger partial charge in [0.2, 0.25) is 0 Å². The second kappa shape index (κ2) is 3.55. The first-order valence-corrected chi connectivity index (χ1v) is 6.24. The van der Waals surface area contributed by atoms with Gasteiger partial charge in [0.1, 0.15) is 5.82 Å².